The molecule has 51 heavy (non-hydrogen) atoms. The lowest BCUT2D eigenvalue weighted by atomic mass is 9.82. The van der Waals surface area contributed by atoms with Gasteiger partial charge in [-0.25, -0.2) is 4.98 Å². The van der Waals surface area contributed by atoms with Gasteiger partial charge < -0.3 is 4.57 Å². The van der Waals surface area contributed by atoms with Crippen molar-refractivity contribution in [1.82, 2.24) is 14.0 Å². The maximum atomic E-state index is 14.2. The van der Waals surface area contributed by atoms with Crippen LogP contribution in [-0.2, 0) is 5.41 Å². The Morgan fingerprint density at radius 1 is 0.529 bits per heavy atom. The van der Waals surface area contributed by atoms with Gasteiger partial charge in [0.15, 0.2) is 0 Å². The van der Waals surface area contributed by atoms with Crippen LogP contribution in [0.15, 0.2) is 156 Å². The molecule has 240 valence electrons. The lowest BCUT2D eigenvalue weighted by molar-refractivity contribution is 0.661. The van der Waals surface area contributed by atoms with E-state index in [9.17, 15) is 4.79 Å². The number of hydrogen-bond donors (Lipinski definition) is 0. The Balaban J connectivity index is 1.19. The molecule has 0 radical (unpaired) electrons. The summed E-state index contributed by atoms with van der Waals surface area (Å²) in [4.78, 5) is 19.2. The van der Waals surface area contributed by atoms with E-state index >= 15 is 0 Å². The van der Waals surface area contributed by atoms with Crippen molar-refractivity contribution in [1.29, 1.82) is 0 Å². The average molecular weight is 654 g/mol. The van der Waals surface area contributed by atoms with Crippen LogP contribution in [0.3, 0.4) is 0 Å². The van der Waals surface area contributed by atoms with Gasteiger partial charge in [-0.15, -0.1) is 0 Å². The highest BCUT2D eigenvalue weighted by atomic mass is 16.1. The second-order valence-corrected chi connectivity index (χ2v) is 14.3. The maximum Gasteiger partial charge on any atom is 0.264 e. The van der Waals surface area contributed by atoms with Gasteiger partial charge in [-0.1, -0.05) is 123 Å². The molecule has 0 unspecified atom stereocenters. The van der Waals surface area contributed by atoms with Gasteiger partial charge in [0.05, 0.1) is 22.1 Å². The highest BCUT2D eigenvalue weighted by Crippen LogP contribution is 2.51. The van der Waals surface area contributed by atoms with Crippen molar-refractivity contribution in [3.63, 3.8) is 0 Å². The Kier molecular flexibility index (Phi) is 5.57. The normalized spacial score (nSPS) is 13.5. The Labute approximate surface area is 293 Å². The minimum absolute atomic E-state index is 0.0479. The fourth-order valence-corrected chi connectivity index (χ4v) is 8.92. The molecule has 0 bridgehead atoms. The van der Waals surface area contributed by atoms with Crippen LogP contribution in [0.4, 0.5) is 0 Å². The van der Waals surface area contributed by atoms with Gasteiger partial charge in [0.1, 0.15) is 5.82 Å². The number of hydrogen-bond acceptors (Lipinski definition) is 2. The van der Waals surface area contributed by atoms with Gasteiger partial charge in [-0.3, -0.25) is 9.20 Å². The molecule has 0 saturated heterocycles. The van der Waals surface area contributed by atoms with Crippen LogP contribution in [0, 0.1) is 0 Å². The molecule has 0 saturated carbocycles. The molecule has 0 amide bonds. The zero-order valence-electron chi connectivity index (χ0n) is 28.2. The quantitative estimate of drug-likeness (QED) is 0.178. The van der Waals surface area contributed by atoms with Crippen LogP contribution in [-0.4, -0.2) is 14.0 Å². The SMILES string of the molecule is CC1(C)c2ccccc2-c2cc3c4ccccc4n(-c4cccc(-c5ccc6nc(-c7ccccc7)n7c(=O)c8ccccc8c5c67)c4)c3cc21. The van der Waals surface area contributed by atoms with Gasteiger partial charge in [-0.2, -0.15) is 0 Å². The maximum absolute atomic E-state index is 14.2. The number of nitrogens with zero attached hydrogens (tertiary/aromatic N) is 3. The summed E-state index contributed by atoms with van der Waals surface area (Å²) in [6.45, 7) is 4.69. The lowest BCUT2D eigenvalue weighted by Crippen LogP contribution is -2.15. The molecule has 10 aromatic rings. The number of para-hydroxylation sites is 1. The molecular formula is C47H31N3O. The second-order valence-electron chi connectivity index (χ2n) is 14.3. The number of rotatable bonds is 3. The Bertz CT molecular complexity index is 3130. The van der Waals surface area contributed by atoms with Gasteiger partial charge in [0.2, 0.25) is 0 Å². The predicted molar refractivity (Wildman–Crippen MR) is 210 cm³/mol. The van der Waals surface area contributed by atoms with Crippen molar-refractivity contribution < 1.29 is 0 Å². The summed E-state index contributed by atoms with van der Waals surface area (Å²) in [5.41, 5.74) is 13.5. The average Bonchev–Trinajstić information content (AvgIpc) is 3.80. The van der Waals surface area contributed by atoms with E-state index in [-0.39, 0.29) is 11.0 Å². The van der Waals surface area contributed by atoms with Crippen LogP contribution >= 0.6 is 0 Å². The Morgan fingerprint density at radius 3 is 2.12 bits per heavy atom. The summed E-state index contributed by atoms with van der Waals surface area (Å²) in [6, 6.07) is 53.5. The molecule has 0 atom stereocenters. The first-order chi connectivity index (χ1) is 25.0. The summed E-state index contributed by atoms with van der Waals surface area (Å²) >= 11 is 0. The third-order valence-electron chi connectivity index (χ3n) is 11.3. The highest BCUT2D eigenvalue weighted by molar-refractivity contribution is 6.18. The van der Waals surface area contributed by atoms with Crippen LogP contribution in [0.1, 0.15) is 25.0 Å². The van der Waals surface area contributed by atoms with Gasteiger partial charge in [0, 0.05) is 38.2 Å². The van der Waals surface area contributed by atoms with E-state index in [2.05, 4.69) is 122 Å². The minimum atomic E-state index is -0.103. The largest absolute Gasteiger partial charge is 0.309 e. The zero-order chi connectivity index (χ0) is 34.0. The summed E-state index contributed by atoms with van der Waals surface area (Å²) in [6.07, 6.45) is 0. The Morgan fingerprint density at radius 2 is 1.25 bits per heavy atom. The molecule has 0 fully saturated rings. The molecule has 11 rings (SSSR count). The summed E-state index contributed by atoms with van der Waals surface area (Å²) in [5.74, 6) is 0.667. The van der Waals surface area contributed by atoms with E-state index in [1.165, 1.54) is 44.1 Å². The van der Waals surface area contributed by atoms with Gasteiger partial charge in [0.25, 0.3) is 5.56 Å². The number of aromatic nitrogens is 3. The third-order valence-corrected chi connectivity index (χ3v) is 11.3. The van der Waals surface area contributed by atoms with Crippen molar-refractivity contribution in [2.24, 2.45) is 0 Å². The molecule has 7 aromatic carbocycles. The molecule has 4 heteroatoms. The van der Waals surface area contributed by atoms with Crippen molar-refractivity contribution >= 4 is 49.0 Å². The molecule has 3 heterocycles. The molecular weight excluding hydrogens is 623 g/mol. The fraction of sp³-hybridized carbons (Fsp3) is 0.0638. The van der Waals surface area contributed by atoms with E-state index in [4.69, 9.17) is 4.98 Å². The van der Waals surface area contributed by atoms with E-state index in [1.807, 2.05) is 52.9 Å². The minimum Gasteiger partial charge on any atom is -0.309 e. The highest BCUT2D eigenvalue weighted by Gasteiger charge is 2.36. The first-order valence-corrected chi connectivity index (χ1v) is 17.5. The topological polar surface area (TPSA) is 39.3 Å². The van der Waals surface area contributed by atoms with Gasteiger partial charge in [-0.05, 0) is 81.2 Å². The molecule has 3 aromatic heterocycles. The van der Waals surface area contributed by atoms with Crippen molar-refractivity contribution in [3.05, 3.63) is 173 Å². The smallest absolute Gasteiger partial charge is 0.264 e. The third kappa shape index (κ3) is 3.74. The van der Waals surface area contributed by atoms with Crippen LogP contribution < -0.4 is 5.56 Å². The zero-order valence-corrected chi connectivity index (χ0v) is 28.2. The molecule has 0 spiro atoms. The molecule has 1 aliphatic carbocycles. The summed E-state index contributed by atoms with van der Waals surface area (Å²) in [5, 5.41) is 5.15. The predicted octanol–water partition coefficient (Wildman–Crippen LogP) is 11.2. The number of fused-ring (bicyclic) bond motifs is 8. The van der Waals surface area contributed by atoms with E-state index in [0.717, 1.165) is 44.2 Å². The second kappa shape index (κ2) is 10.0. The lowest BCUT2D eigenvalue weighted by Gasteiger charge is -2.21. The van der Waals surface area contributed by atoms with Crippen molar-refractivity contribution in [3.8, 4) is 39.3 Å². The Hall–Kier alpha value is -6.52. The first kappa shape index (κ1) is 28.3. The van der Waals surface area contributed by atoms with Crippen molar-refractivity contribution in [2.45, 2.75) is 19.3 Å². The molecule has 0 aliphatic heterocycles. The number of pyridine rings is 1. The van der Waals surface area contributed by atoms with Crippen LogP contribution in [0.2, 0.25) is 0 Å². The van der Waals surface area contributed by atoms with E-state index in [1.54, 1.807) is 0 Å². The fourth-order valence-electron chi connectivity index (χ4n) is 8.92. The standard InChI is InChI=1S/C47H31N3O/c1-47(2)38-21-10-8-17-32(38)36-26-37-33-18-9-11-22-41(33)49(42(37)27-39(36)47)30-16-12-15-29(25-30)31-23-24-40-44-43(31)34-19-6-7-20-35(34)46(51)50(44)45(48-40)28-13-4-3-5-14-28/h3-27H,1-2H3. The number of imidazole rings is 1. The van der Waals surface area contributed by atoms with Crippen LogP contribution in [0.25, 0.3) is 88.3 Å². The van der Waals surface area contributed by atoms with E-state index < -0.39 is 0 Å². The number of benzene rings is 7. The van der Waals surface area contributed by atoms with Crippen molar-refractivity contribution in [2.75, 3.05) is 0 Å². The van der Waals surface area contributed by atoms with E-state index in [0.29, 0.717) is 11.2 Å². The molecule has 1 aliphatic rings. The summed E-state index contributed by atoms with van der Waals surface area (Å²) in [7, 11) is 0. The first-order valence-electron chi connectivity index (χ1n) is 17.5. The van der Waals surface area contributed by atoms with Gasteiger partial charge >= 0.3 is 0 Å². The van der Waals surface area contributed by atoms with Crippen LogP contribution in [0.5, 0.6) is 0 Å². The molecule has 0 N–H and O–H groups in total. The molecule has 4 nitrogen and oxygen atoms in total. The monoisotopic (exact) mass is 653 g/mol. The summed E-state index contributed by atoms with van der Waals surface area (Å²) < 4.78 is 4.25.